The maximum Gasteiger partial charge on any atom is 0.224 e. The van der Waals surface area contributed by atoms with Crippen molar-refractivity contribution < 1.29 is 4.79 Å². The van der Waals surface area contributed by atoms with Crippen LogP contribution in [0.15, 0.2) is 42.5 Å². The summed E-state index contributed by atoms with van der Waals surface area (Å²) in [5.41, 5.74) is 1.18. The standard InChI is InChI=1S/C17H21NO/c19-16(14-8-3-1-4-9-14)18-17(12-7-13-17)15-10-5-2-6-11-15/h1-3,5-6,10-11,14H,4,7-9,12-13H2,(H,18,19). The van der Waals surface area contributed by atoms with Gasteiger partial charge >= 0.3 is 0 Å². The van der Waals surface area contributed by atoms with Crippen molar-refractivity contribution in [2.75, 3.05) is 0 Å². The van der Waals surface area contributed by atoms with Crippen molar-refractivity contribution in [1.29, 1.82) is 0 Å². The summed E-state index contributed by atoms with van der Waals surface area (Å²) in [5.74, 6) is 0.416. The van der Waals surface area contributed by atoms with Gasteiger partial charge in [0, 0.05) is 5.92 Å². The normalized spacial score (nSPS) is 24.5. The molecule has 0 saturated heterocycles. The van der Waals surface area contributed by atoms with Gasteiger partial charge in [0.1, 0.15) is 0 Å². The van der Waals surface area contributed by atoms with Crippen LogP contribution in [0.5, 0.6) is 0 Å². The van der Waals surface area contributed by atoms with E-state index in [4.69, 9.17) is 0 Å². The van der Waals surface area contributed by atoms with Gasteiger partial charge in [-0.15, -0.1) is 0 Å². The average Bonchev–Trinajstić information content (AvgIpc) is 2.44. The highest BCUT2D eigenvalue weighted by molar-refractivity contribution is 5.80. The van der Waals surface area contributed by atoms with E-state index >= 15 is 0 Å². The van der Waals surface area contributed by atoms with Crippen LogP contribution >= 0.6 is 0 Å². The quantitative estimate of drug-likeness (QED) is 0.822. The van der Waals surface area contributed by atoms with Crippen LogP contribution < -0.4 is 5.32 Å². The van der Waals surface area contributed by atoms with Crippen LogP contribution in [0.25, 0.3) is 0 Å². The lowest BCUT2D eigenvalue weighted by molar-refractivity contribution is -0.128. The molecule has 0 radical (unpaired) electrons. The molecule has 2 nitrogen and oxygen atoms in total. The van der Waals surface area contributed by atoms with E-state index in [0.717, 1.165) is 32.1 Å². The number of hydrogen-bond donors (Lipinski definition) is 1. The minimum absolute atomic E-state index is 0.0838. The smallest absolute Gasteiger partial charge is 0.224 e. The van der Waals surface area contributed by atoms with Crippen molar-refractivity contribution in [3.05, 3.63) is 48.0 Å². The first kappa shape index (κ1) is 12.5. The molecule has 1 fully saturated rings. The third-order valence-corrected chi connectivity index (χ3v) is 4.54. The topological polar surface area (TPSA) is 29.1 Å². The van der Waals surface area contributed by atoms with E-state index in [2.05, 4.69) is 41.7 Å². The second kappa shape index (κ2) is 5.20. The third-order valence-electron chi connectivity index (χ3n) is 4.54. The van der Waals surface area contributed by atoms with Crippen molar-refractivity contribution in [1.82, 2.24) is 5.32 Å². The molecule has 3 rings (SSSR count). The Balaban J connectivity index is 1.73. The van der Waals surface area contributed by atoms with Gasteiger partial charge in [-0.2, -0.15) is 0 Å². The van der Waals surface area contributed by atoms with Crippen molar-refractivity contribution in [2.45, 2.75) is 44.1 Å². The van der Waals surface area contributed by atoms with E-state index in [0.29, 0.717) is 0 Å². The Bertz CT molecular complexity index is 473. The average molecular weight is 255 g/mol. The Labute approximate surface area is 114 Å². The fourth-order valence-electron chi connectivity index (χ4n) is 3.14. The Morgan fingerprint density at radius 3 is 2.53 bits per heavy atom. The van der Waals surface area contributed by atoms with E-state index in [1.54, 1.807) is 0 Å². The molecule has 0 bridgehead atoms. The molecular formula is C17H21NO. The van der Waals surface area contributed by atoms with E-state index in [1.165, 1.54) is 12.0 Å². The van der Waals surface area contributed by atoms with Crippen molar-refractivity contribution >= 4 is 5.91 Å². The number of carbonyl (C=O) groups is 1. The SMILES string of the molecule is O=C(NC1(c2ccccc2)CCC1)C1CC=CCC1. The Morgan fingerprint density at radius 1 is 1.16 bits per heavy atom. The molecule has 0 aromatic heterocycles. The van der Waals surface area contributed by atoms with E-state index in [9.17, 15) is 4.79 Å². The third kappa shape index (κ3) is 2.44. The fourth-order valence-corrected chi connectivity index (χ4v) is 3.14. The predicted molar refractivity (Wildman–Crippen MR) is 76.6 cm³/mol. The number of allylic oxidation sites excluding steroid dienone is 2. The van der Waals surface area contributed by atoms with Crippen LogP contribution in [0.3, 0.4) is 0 Å². The highest BCUT2D eigenvalue weighted by Crippen LogP contribution is 2.41. The molecule has 2 aliphatic carbocycles. The van der Waals surface area contributed by atoms with Crippen molar-refractivity contribution in [3.8, 4) is 0 Å². The number of benzene rings is 1. The van der Waals surface area contributed by atoms with Gasteiger partial charge in [0.25, 0.3) is 0 Å². The molecule has 0 heterocycles. The van der Waals surface area contributed by atoms with Gasteiger partial charge in [0.2, 0.25) is 5.91 Å². The fraction of sp³-hybridized carbons (Fsp3) is 0.471. The van der Waals surface area contributed by atoms with Crippen molar-refractivity contribution in [2.24, 2.45) is 5.92 Å². The van der Waals surface area contributed by atoms with Crippen LogP contribution in [0.4, 0.5) is 0 Å². The molecule has 1 unspecified atom stereocenters. The van der Waals surface area contributed by atoms with Crippen LogP contribution in [-0.2, 0) is 10.3 Å². The van der Waals surface area contributed by atoms with Gasteiger partial charge < -0.3 is 5.32 Å². The first-order valence-electron chi connectivity index (χ1n) is 7.33. The molecule has 100 valence electrons. The number of nitrogens with one attached hydrogen (secondary N) is 1. The number of amides is 1. The maximum absolute atomic E-state index is 12.4. The zero-order chi connectivity index (χ0) is 13.1. The summed E-state index contributed by atoms with van der Waals surface area (Å²) in [6.45, 7) is 0. The molecule has 0 spiro atoms. The number of carbonyl (C=O) groups excluding carboxylic acids is 1. The summed E-state index contributed by atoms with van der Waals surface area (Å²) in [4.78, 5) is 12.4. The molecule has 1 amide bonds. The summed E-state index contributed by atoms with van der Waals surface area (Å²) in [6.07, 6.45) is 10.6. The Hall–Kier alpha value is -1.57. The van der Waals surface area contributed by atoms with Gasteiger partial charge in [-0.1, -0.05) is 42.5 Å². The highest BCUT2D eigenvalue weighted by atomic mass is 16.2. The van der Waals surface area contributed by atoms with Crippen LogP contribution in [0.1, 0.15) is 44.1 Å². The highest BCUT2D eigenvalue weighted by Gasteiger charge is 2.40. The van der Waals surface area contributed by atoms with E-state index in [-0.39, 0.29) is 17.4 Å². The molecule has 19 heavy (non-hydrogen) atoms. The zero-order valence-corrected chi connectivity index (χ0v) is 11.3. The predicted octanol–water partition coefficient (Wildman–Crippen LogP) is 3.54. The van der Waals surface area contributed by atoms with Gasteiger partial charge in [-0.3, -0.25) is 4.79 Å². The molecule has 1 aromatic carbocycles. The molecule has 2 heteroatoms. The lowest BCUT2D eigenvalue weighted by Gasteiger charge is -2.44. The number of rotatable bonds is 3. The van der Waals surface area contributed by atoms with Crippen LogP contribution in [-0.4, -0.2) is 5.91 Å². The first-order chi connectivity index (χ1) is 9.30. The minimum atomic E-state index is -0.0838. The van der Waals surface area contributed by atoms with E-state index in [1.807, 2.05) is 6.07 Å². The molecule has 1 aromatic rings. The summed E-state index contributed by atoms with van der Waals surface area (Å²) < 4.78 is 0. The molecule has 1 saturated carbocycles. The zero-order valence-electron chi connectivity index (χ0n) is 11.3. The number of hydrogen-bond acceptors (Lipinski definition) is 1. The lowest BCUT2D eigenvalue weighted by Crippen LogP contribution is -2.52. The largest absolute Gasteiger partial charge is 0.346 e. The summed E-state index contributed by atoms with van der Waals surface area (Å²) in [7, 11) is 0. The molecular weight excluding hydrogens is 234 g/mol. The summed E-state index contributed by atoms with van der Waals surface area (Å²) in [5, 5.41) is 3.34. The second-order valence-corrected chi connectivity index (χ2v) is 5.77. The van der Waals surface area contributed by atoms with Gasteiger partial charge in [-0.25, -0.2) is 0 Å². The van der Waals surface area contributed by atoms with E-state index < -0.39 is 0 Å². The second-order valence-electron chi connectivity index (χ2n) is 5.77. The lowest BCUT2D eigenvalue weighted by atomic mass is 9.71. The van der Waals surface area contributed by atoms with Gasteiger partial charge in [0.05, 0.1) is 5.54 Å². The maximum atomic E-state index is 12.4. The van der Waals surface area contributed by atoms with Gasteiger partial charge in [0.15, 0.2) is 0 Å². The first-order valence-corrected chi connectivity index (χ1v) is 7.33. The van der Waals surface area contributed by atoms with Crippen LogP contribution in [0, 0.1) is 5.92 Å². The molecule has 0 aliphatic heterocycles. The van der Waals surface area contributed by atoms with Crippen LogP contribution in [0.2, 0.25) is 0 Å². The summed E-state index contributed by atoms with van der Waals surface area (Å²) >= 11 is 0. The van der Waals surface area contributed by atoms with Gasteiger partial charge in [-0.05, 0) is 44.1 Å². The Morgan fingerprint density at radius 2 is 1.95 bits per heavy atom. The van der Waals surface area contributed by atoms with Crippen molar-refractivity contribution in [3.63, 3.8) is 0 Å². The summed E-state index contributed by atoms with van der Waals surface area (Å²) in [6, 6.07) is 10.4. The molecule has 1 N–H and O–H groups in total. The molecule has 1 atom stereocenters. The molecule has 2 aliphatic rings. The minimum Gasteiger partial charge on any atom is -0.346 e. The monoisotopic (exact) mass is 255 g/mol. The Kier molecular flexibility index (Phi) is 3.41.